The highest BCUT2D eigenvalue weighted by atomic mass is 16.5. The molecule has 1 N–H and O–H groups in total. The van der Waals surface area contributed by atoms with E-state index < -0.39 is 0 Å². The van der Waals surface area contributed by atoms with Gasteiger partial charge >= 0.3 is 0 Å². The van der Waals surface area contributed by atoms with E-state index in [2.05, 4.69) is 17.5 Å². The number of carbonyl (C=O) groups excluding carboxylic acids is 1. The molecule has 2 aliphatic heterocycles. The molecule has 2 spiro atoms. The van der Waals surface area contributed by atoms with Crippen molar-refractivity contribution >= 4 is 5.91 Å². The van der Waals surface area contributed by atoms with E-state index in [9.17, 15) is 4.79 Å². The standard InChI is InChI=1S/C10H13NO2/c12-8-9(5-6-11-8)1-2-10(3-4-10)13-7-9/h3-4H,1-2,5-7H2,(H,11,12). The summed E-state index contributed by atoms with van der Waals surface area (Å²) in [6.45, 7) is 1.43. The Morgan fingerprint density at radius 3 is 2.62 bits per heavy atom. The van der Waals surface area contributed by atoms with Gasteiger partial charge in [-0.3, -0.25) is 4.79 Å². The highest BCUT2D eigenvalue weighted by Gasteiger charge is 2.51. The fourth-order valence-corrected chi connectivity index (χ4v) is 2.30. The molecular weight excluding hydrogens is 166 g/mol. The van der Waals surface area contributed by atoms with E-state index in [1.165, 1.54) is 0 Å². The zero-order valence-electron chi connectivity index (χ0n) is 7.51. The molecule has 2 heterocycles. The summed E-state index contributed by atoms with van der Waals surface area (Å²) >= 11 is 0. The zero-order chi connectivity index (χ0) is 8.94. The molecule has 13 heavy (non-hydrogen) atoms. The lowest BCUT2D eigenvalue weighted by Crippen LogP contribution is -2.42. The van der Waals surface area contributed by atoms with Crippen molar-refractivity contribution < 1.29 is 9.53 Å². The van der Waals surface area contributed by atoms with Gasteiger partial charge in [-0.2, -0.15) is 0 Å². The van der Waals surface area contributed by atoms with Crippen LogP contribution in [0.1, 0.15) is 19.3 Å². The summed E-state index contributed by atoms with van der Waals surface area (Å²) in [5, 5.41) is 2.89. The van der Waals surface area contributed by atoms with Crippen LogP contribution in [0.3, 0.4) is 0 Å². The van der Waals surface area contributed by atoms with Crippen LogP contribution in [0.4, 0.5) is 0 Å². The summed E-state index contributed by atoms with van der Waals surface area (Å²) in [5.41, 5.74) is -0.219. The number of ether oxygens (including phenoxy) is 1. The molecule has 3 aliphatic rings. The van der Waals surface area contributed by atoms with Gasteiger partial charge in [0.1, 0.15) is 5.60 Å². The number of rotatable bonds is 0. The first-order valence-corrected chi connectivity index (χ1v) is 4.88. The number of amides is 1. The van der Waals surface area contributed by atoms with Crippen LogP contribution in [0, 0.1) is 5.41 Å². The van der Waals surface area contributed by atoms with Crippen LogP contribution in [-0.2, 0) is 9.53 Å². The molecule has 2 saturated heterocycles. The quantitative estimate of drug-likeness (QED) is 0.553. The van der Waals surface area contributed by atoms with Crippen LogP contribution >= 0.6 is 0 Å². The molecule has 3 nitrogen and oxygen atoms in total. The van der Waals surface area contributed by atoms with Crippen LogP contribution in [-0.4, -0.2) is 24.7 Å². The molecule has 1 aliphatic carbocycles. The van der Waals surface area contributed by atoms with E-state index in [0.29, 0.717) is 6.61 Å². The third kappa shape index (κ3) is 0.967. The monoisotopic (exact) mass is 179 g/mol. The van der Waals surface area contributed by atoms with Crippen LogP contribution in [0.15, 0.2) is 12.2 Å². The van der Waals surface area contributed by atoms with E-state index in [1.54, 1.807) is 0 Å². The van der Waals surface area contributed by atoms with Crippen molar-refractivity contribution in [2.45, 2.75) is 24.9 Å². The predicted molar refractivity (Wildman–Crippen MR) is 47.1 cm³/mol. The van der Waals surface area contributed by atoms with E-state index in [-0.39, 0.29) is 16.9 Å². The van der Waals surface area contributed by atoms with Gasteiger partial charge in [-0.05, 0) is 31.4 Å². The maximum absolute atomic E-state index is 11.6. The molecule has 3 rings (SSSR count). The normalized spacial score (nSPS) is 39.8. The average molecular weight is 179 g/mol. The molecule has 1 atom stereocenters. The van der Waals surface area contributed by atoms with Crippen molar-refractivity contribution in [3.05, 3.63) is 12.2 Å². The van der Waals surface area contributed by atoms with E-state index in [4.69, 9.17) is 4.74 Å². The van der Waals surface area contributed by atoms with Crippen LogP contribution < -0.4 is 5.32 Å². The zero-order valence-corrected chi connectivity index (χ0v) is 7.51. The van der Waals surface area contributed by atoms with Gasteiger partial charge in [0, 0.05) is 6.54 Å². The van der Waals surface area contributed by atoms with Gasteiger partial charge in [-0.15, -0.1) is 0 Å². The SMILES string of the molecule is O=C1NCCC12CCC1(C=C1)OC2. The van der Waals surface area contributed by atoms with E-state index >= 15 is 0 Å². The second kappa shape index (κ2) is 2.15. The topological polar surface area (TPSA) is 38.3 Å². The van der Waals surface area contributed by atoms with Crippen molar-refractivity contribution in [1.82, 2.24) is 5.32 Å². The van der Waals surface area contributed by atoms with Crippen molar-refractivity contribution in [1.29, 1.82) is 0 Å². The van der Waals surface area contributed by atoms with Crippen molar-refractivity contribution in [3.63, 3.8) is 0 Å². The Labute approximate surface area is 77.1 Å². The van der Waals surface area contributed by atoms with Crippen molar-refractivity contribution in [3.8, 4) is 0 Å². The van der Waals surface area contributed by atoms with Crippen molar-refractivity contribution in [2.75, 3.05) is 13.2 Å². The maximum atomic E-state index is 11.6. The Hall–Kier alpha value is -0.830. The third-order valence-corrected chi connectivity index (χ3v) is 3.52. The van der Waals surface area contributed by atoms with Crippen LogP contribution in [0.2, 0.25) is 0 Å². The van der Waals surface area contributed by atoms with Gasteiger partial charge in [-0.25, -0.2) is 0 Å². The fourth-order valence-electron chi connectivity index (χ4n) is 2.30. The molecule has 0 aromatic carbocycles. The number of hydrogen-bond acceptors (Lipinski definition) is 2. The summed E-state index contributed by atoms with van der Waals surface area (Å²) in [4.78, 5) is 11.6. The summed E-state index contributed by atoms with van der Waals surface area (Å²) in [5.74, 6) is 0.197. The average Bonchev–Trinajstić information content (AvgIpc) is 2.82. The number of hydrogen-bond donors (Lipinski definition) is 1. The molecule has 3 heteroatoms. The minimum Gasteiger partial charge on any atom is -0.366 e. The molecule has 70 valence electrons. The van der Waals surface area contributed by atoms with E-state index in [0.717, 1.165) is 25.8 Å². The second-order valence-electron chi connectivity index (χ2n) is 4.36. The first-order valence-electron chi connectivity index (χ1n) is 4.88. The van der Waals surface area contributed by atoms with Crippen LogP contribution in [0.5, 0.6) is 0 Å². The van der Waals surface area contributed by atoms with Gasteiger partial charge < -0.3 is 10.1 Å². The summed E-state index contributed by atoms with van der Waals surface area (Å²) < 4.78 is 5.71. The van der Waals surface area contributed by atoms with Crippen molar-refractivity contribution in [2.24, 2.45) is 5.41 Å². The molecule has 2 fully saturated rings. The Kier molecular flexibility index (Phi) is 1.25. The molecule has 0 aromatic rings. The Morgan fingerprint density at radius 2 is 2.15 bits per heavy atom. The minimum atomic E-state index is -0.185. The summed E-state index contributed by atoms with van der Waals surface area (Å²) in [7, 11) is 0. The van der Waals surface area contributed by atoms with Crippen LogP contribution in [0.25, 0.3) is 0 Å². The highest BCUT2D eigenvalue weighted by molar-refractivity contribution is 5.85. The van der Waals surface area contributed by atoms with Gasteiger partial charge in [0.05, 0.1) is 12.0 Å². The first kappa shape index (κ1) is 7.56. The highest BCUT2D eigenvalue weighted by Crippen LogP contribution is 2.46. The Morgan fingerprint density at radius 1 is 1.31 bits per heavy atom. The third-order valence-electron chi connectivity index (χ3n) is 3.52. The summed E-state index contributed by atoms with van der Waals surface area (Å²) in [6, 6.07) is 0. The van der Waals surface area contributed by atoms with Gasteiger partial charge in [0.15, 0.2) is 0 Å². The second-order valence-corrected chi connectivity index (χ2v) is 4.36. The largest absolute Gasteiger partial charge is 0.366 e. The maximum Gasteiger partial charge on any atom is 0.228 e. The number of nitrogens with one attached hydrogen (secondary N) is 1. The first-order chi connectivity index (χ1) is 6.25. The number of carbonyl (C=O) groups is 1. The molecule has 0 aromatic heterocycles. The smallest absolute Gasteiger partial charge is 0.228 e. The Balaban J connectivity index is 1.76. The lowest BCUT2D eigenvalue weighted by molar-refractivity contribution is -0.139. The van der Waals surface area contributed by atoms with Gasteiger partial charge in [-0.1, -0.05) is 0 Å². The van der Waals surface area contributed by atoms with E-state index in [1.807, 2.05) is 0 Å². The molecule has 1 amide bonds. The molecule has 0 saturated carbocycles. The predicted octanol–water partition coefficient (Wildman–Crippen LogP) is 0.612. The molecular formula is C10H13NO2. The van der Waals surface area contributed by atoms with Gasteiger partial charge in [0.25, 0.3) is 0 Å². The lowest BCUT2D eigenvalue weighted by Gasteiger charge is -2.35. The molecule has 1 unspecified atom stereocenters. The van der Waals surface area contributed by atoms with Gasteiger partial charge in [0.2, 0.25) is 5.91 Å². The summed E-state index contributed by atoms with van der Waals surface area (Å²) in [6.07, 6.45) is 7.09. The fraction of sp³-hybridized carbons (Fsp3) is 0.700. The molecule has 0 bridgehead atoms. The Bertz CT molecular complexity index is 279. The minimum absolute atomic E-state index is 0.0336. The molecule has 0 radical (unpaired) electrons. The lowest BCUT2D eigenvalue weighted by atomic mass is 9.79.